The summed E-state index contributed by atoms with van der Waals surface area (Å²) >= 11 is 0. The van der Waals surface area contributed by atoms with Crippen molar-refractivity contribution in [2.24, 2.45) is 0 Å². The zero-order chi connectivity index (χ0) is 14.5. The molecule has 3 nitrogen and oxygen atoms in total. The van der Waals surface area contributed by atoms with Gasteiger partial charge in [0.15, 0.2) is 5.78 Å². The van der Waals surface area contributed by atoms with Crippen LogP contribution < -0.4 is 10.5 Å². The predicted molar refractivity (Wildman–Crippen MR) is 81.3 cm³/mol. The van der Waals surface area contributed by atoms with Crippen molar-refractivity contribution >= 4 is 11.5 Å². The van der Waals surface area contributed by atoms with Gasteiger partial charge in [0, 0.05) is 16.8 Å². The third-order valence-corrected chi connectivity index (χ3v) is 3.21. The highest BCUT2D eigenvalue weighted by atomic mass is 16.5. The monoisotopic (exact) mass is 269 g/mol. The molecule has 0 amide bonds. The van der Waals surface area contributed by atoms with Crippen molar-refractivity contribution in [1.82, 2.24) is 0 Å². The Kier molecular flexibility index (Phi) is 4.41. The van der Waals surface area contributed by atoms with Gasteiger partial charge >= 0.3 is 0 Å². The van der Waals surface area contributed by atoms with Crippen LogP contribution in [-0.4, -0.2) is 12.4 Å². The molecule has 0 radical (unpaired) electrons. The highest BCUT2D eigenvalue weighted by Crippen LogP contribution is 2.20. The van der Waals surface area contributed by atoms with Gasteiger partial charge in [-0.05, 0) is 49.2 Å². The minimum Gasteiger partial charge on any atom is -0.494 e. The molecule has 0 atom stereocenters. The largest absolute Gasteiger partial charge is 0.494 e. The normalized spacial score (nSPS) is 10.3. The number of nitrogens with two attached hydrogens (primary N) is 1. The van der Waals surface area contributed by atoms with Crippen LogP contribution in [0.25, 0.3) is 0 Å². The summed E-state index contributed by atoms with van der Waals surface area (Å²) in [6, 6.07) is 12.6. The quantitative estimate of drug-likeness (QED) is 0.666. The second-order valence-electron chi connectivity index (χ2n) is 4.72. The molecule has 2 aromatic rings. The van der Waals surface area contributed by atoms with Gasteiger partial charge in [-0.25, -0.2) is 0 Å². The van der Waals surface area contributed by atoms with Gasteiger partial charge in [0.2, 0.25) is 0 Å². The molecule has 0 unspecified atom stereocenters. The maximum Gasteiger partial charge on any atom is 0.193 e. The maximum atomic E-state index is 12.4. The summed E-state index contributed by atoms with van der Waals surface area (Å²) < 4.78 is 5.51. The minimum absolute atomic E-state index is 0.0168. The summed E-state index contributed by atoms with van der Waals surface area (Å²) in [4.78, 5) is 12.4. The number of benzene rings is 2. The first-order valence-corrected chi connectivity index (χ1v) is 6.76. The smallest absolute Gasteiger partial charge is 0.193 e. The van der Waals surface area contributed by atoms with E-state index < -0.39 is 0 Å². The Balaban J connectivity index is 2.23. The highest BCUT2D eigenvalue weighted by molar-refractivity contribution is 6.10. The third-order valence-electron chi connectivity index (χ3n) is 3.21. The Morgan fingerprint density at radius 3 is 2.50 bits per heavy atom. The van der Waals surface area contributed by atoms with Gasteiger partial charge in [0.1, 0.15) is 5.75 Å². The molecule has 0 saturated carbocycles. The Morgan fingerprint density at radius 1 is 1.15 bits per heavy atom. The van der Waals surface area contributed by atoms with Gasteiger partial charge in [0.25, 0.3) is 0 Å². The Labute approximate surface area is 119 Å². The van der Waals surface area contributed by atoms with Crippen LogP contribution in [0.5, 0.6) is 5.75 Å². The molecule has 0 aromatic heterocycles. The van der Waals surface area contributed by atoms with E-state index in [0.717, 1.165) is 17.7 Å². The zero-order valence-corrected chi connectivity index (χ0v) is 11.8. The molecule has 0 bridgehead atoms. The van der Waals surface area contributed by atoms with Crippen molar-refractivity contribution in [2.75, 3.05) is 12.3 Å². The molecule has 0 fully saturated rings. The number of ketones is 1. The fourth-order valence-electron chi connectivity index (χ4n) is 1.98. The Hall–Kier alpha value is -2.29. The van der Waals surface area contributed by atoms with Crippen LogP contribution in [0.2, 0.25) is 0 Å². The van der Waals surface area contributed by atoms with Crippen LogP contribution in [0.3, 0.4) is 0 Å². The second-order valence-corrected chi connectivity index (χ2v) is 4.72. The van der Waals surface area contributed by atoms with E-state index in [2.05, 4.69) is 6.92 Å². The number of hydrogen-bond acceptors (Lipinski definition) is 3. The average Bonchev–Trinajstić information content (AvgIpc) is 2.48. The summed E-state index contributed by atoms with van der Waals surface area (Å²) in [6.45, 7) is 4.60. The fourth-order valence-corrected chi connectivity index (χ4v) is 1.98. The van der Waals surface area contributed by atoms with Gasteiger partial charge < -0.3 is 10.5 Å². The summed E-state index contributed by atoms with van der Waals surface area (Å²) in [6.07, 6.45) is 0.961. The number of rotatable bonds is 5. The lowest BCUT2D eigenvalue weighted by atomic mass is 9.98. The van der Waals surface area contributed by atoms with Crippen molar-refractivity contribution in [3.63, 3.8) is 0 Å². The molecule has 104 valence electrons. The Bertz CT molecular complexity index is 603. The van der Waals surface area contributed by atoms with Crippen molar-refractivity contribution in [1.29, 1.82) is 0 Å². The molecule has 0 spiro atoms. The van der Waals surface area contributed by atoms with E-state index in [-0.39, 0.29) is 5.78 Å². The standard InChI is InChI=1S/C17H19NO2/c1-3-11-20-14-9-7-13(8-10-14)17(19)15-5-4-6-16(18)12(15)2/h4-10H,3,11,18H2,1-2H3. The molecule has 2 rings (SSSR count). The molecule has 20 heavy (non-hydrogen) atoms. The molecule has 0 saturated heterocycles. The molecule has 3 heteroatoms. The molecule has 2 aromatic carbocycles. The van der Waals surface area contributed by atoms with E-state index in [1.165, 1.54) is 0 Å². The molecule has 0 aliphatic heterocycles. The summed E-state index contributed by atoms with van der Waals surface area (Å²) in [5, 5.41) is 0. The fraction of sp³-hybridized carbons (Fsp3) is 0.235. The van der Waals surface area contributed by atoms with Crippen LogP contribution in [0.4, 0.5) is 5.69 Å². The van der Waals surface area contributed by atoms with E-state index in [9.17, 15) is 4.79 Å². The van der Waals surface area contributed by atoms with Gasteiger partial charge in [-0.1, -0.05) is 19.1 Å². The predicted octanol–water partition coefficient (Wildman–Crippen LogP) is 3.60. The van der Waals surface area contributed by atoms with Gasteiger partial charge in [-0.3, -0.25) is 4.79 Å². The second kappa shape index (κ2) is 6.24. The molecule has 2 N–H and O–H groups in total. The highest BCUT2D eigenvalue weighted by Gasteiger charge is 2.12. The van der Waals surface area contributed by atoms with Crippen molar-refractivity contribution in [3.05, 3.63) is 59.2 Å². The number of hydrogen-bond donors (Lipinski definition) is 1. The van der Waals surface area contributed by atoms with Crippen LogP contribution in [0.15, 0.2) is 42.5 Å². The van der Waals surface area contributed by atoms with E-state index in [1.807, 2.05) is 19.1 Å². The number of anilines is 1. The average molecular weight is 269 g/mol. The van der Waals surface area contributed by atoms with E-state index >= 15 is 0 Å². The van der Waals surface area contributed by atoms with Gasteiger partial charge in [-0.15, -0.1) is 0 Å². The van der Waals surface area contributed by atoms with Crippen LogP contribution in [0, 0.1) is 6.92 Å². The number of carbonyl (C=O) groups is 1. The van der Waals surface area contributed by atoms with Gasteiger partial charge in [0.05, 0.1) is 6.61 Å². The minimum atomic E-state index is -0.0168. The van der Waals surface area contributed by atoms with Gasteiger partial charge in [-0.2, -0.15) is 0 Å². The molecule has 0 aliphatic carbocycles. The molecule has 0 aliphatic rings. The van der Waals surface area contributed by atoms with Crippen LogP contribution >= 0.6 is 0 Å². The van der Waals surface area contributed by atoms with Crippen molar-refractivity contribution < 1.29 is 9.53 Å². The van der Waals surface area contributed by atoms with E-state index in [4.69, 9.17) is 10.5 Å². The van der Waals surface area contributed by atoms with Crippen molar-refractivity contribution in [2.45, 2.75) is 20.3 Å². The maximum absolute atomic E-state index is 12.4. The summed E-state index contributed by atoms with van der Waals surface area (Å²) in [5.41, 5.74) is 8.59. The SMILES string of the molecule is CCCOc1ccc(C(=O)c2cccc(N)c2C)cc1. The van der Waals surface area contributed by atoms with Crippen LogP contribution in [0.1, 0.15) is 34.8 Å². The van der Waals surface area contributed by atoms with Crippen LogP contribution in [-0.2, 0) is 0 Å². The summed E-state index contributed by atoms with van der Waals surface area (Å²) in [5.74, 6) is 0.768. The molecular weight excluding hydrogens is 250 g/mol. The first-order valence-electron chi connectivity index (χ1n) is 6.76. The number of ether oxygens (including phenoxy) is 1. The molecular formula is C17H19NO2. The first kappa shape index (κ1) is 14.1. The number of carbonyl (C=O) groups excluding carboxylic acids is 1. The molecule has 0 heterocycles. The third kappa shape index (κ3) is 2.99. The lowest BCUT2D eigenvalue weighted by molar-refractivity contribution is 0.103. The Morgan fingerprint density at radius 2 is 1.85 bits per heavy atom. The first-order chi connectivity index (χ1) is 9.63. The van der Waals surface area contributed by atoms with E-state index in [0.29, 0.717) is 23.4 Å². The zero-order valence-electron chi connectivity index (χ0n) is 11.8. The topological polar surface area (TPSA) is 52.3 Å². The van der Waals surface area contributed by atoms with Crippen molar-refractivity contribution in [3.8, 4) is 5.75 Å². The lowest BCUT2D eigenvalue weighted by Gasteiger charge is -2.08. The summed E-state index contributed by atoms with van der Waals surface area (Å²) in [7, 11) is 0. The number of nitrogen functional groups attached to an aromatic ring is 1. The van der Waals surface area contributed by atoms with E-state index in [1.54, 1.807) is 30.3 Å². The lowest BCUT2D eigenvalue weighted by Crippen LogP contribution is -2.05.